The van der Waals surface area contributed by atoms with Crippen molar-refractivity contribution < 1.29 is 13.2 Å². The Morgan fingerprint density at radius 2 is 1.57 bits per heavy atom. The number of aromatic nitrogens is 1. The first-order valence-corrected chi connectivity index (χ1v) is 9.90. The third kappa shape index (κ3) is 3.73. The average molecular weight is 383 g/mol. The SMILES string of the molecule is Cc1ccc(-c2ccc(C3CCCCC3)cc2)n1-c1cccc(C(F)(F)F)c1. The van der Waals surface area contributed by atoms with Crippen LogP contribution in [0, 0.1) is 6.92 Å². The highest BCUT2D eigenvalue weighted by Gasteiger charge is 2.30. The van der Waals surface area contributed by atoms with E-state index in [9.17, 15) is 13.2 Å². The van der Waals surface area contributed by atoms with Crippen molar-refractivity contribution in [1.29, 1.82) is 0 Å². The zero-order valence-electron chi connectivity index (χ0n) is 16.0. The topological polar surface area (TPSA) is 4.93 Å². The van der Waals surface area contributed by atoms with Gasteiger partial charge in [-0.25, -0.2) is 0 Å². The molecule has 0 amide bonds. The molecule has 2 aromatic carbocycles. The second kappa shape index (κ2) is 7.50. The first kappa shape index (κ1) is 18.9. The Labute approximate surface area is 163 Å². The monoisotopic (exact) mass is 383 g/mol. The Morgan fingerprint density at radius 1 is 0.857 bits per heavy atom. The van der Waals surface area contributed by atoms with Crippen LogP contribution in [-0.2, 0) is 6.18 Å². The summed E-state index contributed by atoms with van der Waals surface area (Å²) in [6.07, 6.45) is 2.07. The maximum Gasteiger partial charge on any atom is 0.416 e. The Bertz CT molecular complexity index is 945. The van der Waals surface area contributed by atoms with Crippen LogP contribution in [0.3, 0.4) is 0 Å². The second-order valence-electron chi connectivity index (χ2n) is 7.70. The molecule has 1 nitrogen and oxygen atoms in total. The fourth-order valence-corrected chi connectivity index (χ4v) is 4.29. The van der Waals surface area contributed by atoms with Gasteiger partial charge in [0.05, 0.1) is 11.3 Å². The van der Waals surface area contributed by atoms with Crippen LogP contribution < -0.4 is 0 Å². The maximum absolute atomic E-state index is 13.1. The summed E-state index contributed by atoms with van der Waals surface area (Å²) in [5.74, 6) is 0.639. The highest BCUT2D eigenvalue weighted by Crippen LogP contribution is 2.35. The van der Waals surface area contributed by atoms with Gasteiger partial charge in [0, 0.05) is 11.4 Å². The van der Waals surface area contributed by atoms with E-state index in [4.69, 9.17) is 0 Å². The molecule has 4 heteroatoms. The van der Waals surface area contributed by atoms with Gasteiger partial charge < -0.3 is 4.57 Å². The number of nitrogens with zero attached hydrogens (tertiary/aromatic N) is 1. The van der Waals surface area contributed by atoms with Gasteiger partial charge in [0.25, 0.3) is 0 Å². The van der Waals surface area contributed by atoms with Crippen molar-refractivity contribution in [3.63, 3.8) is 0 Å². The van der Waals surface area contributed by atoms with Gasteiger partial charge >= 0.3 is 6.18 Å². The lowest BCUT2D eigenvalue weighted by molar-refractivity contribution is -0.137. The predicted octanol–water partition coefficient (Wildman–Crippen LogP) is 7.52. The summed E-state index contributed by atoms with van der Waals surface area (Å²) in [5.41, 5.74) is 4.11. The fourth-order valence-electron chi connectivity index (χ4n) is 4.29. The Hall–Kier alpha value is -2.49. The van der Waals surface area contributed by atoms with Crippen LogP contribution in [-0.4, -0.2) is 4.57 Å². The van der Waals surface area contributed by atoms with E-state index in [0.29, 0.717) is 11.6 Å². The lowest BCUT2D eigenvalue weighted by atomic mass is 9.84. The van der Waals surface area contributed by atoms with Crippen molar-refractivity contribution >= 4 is 0 Å². The minimum atomic E-state index is -4.35. The molecule has 1 heterocycles. The number of alkyl halides is 3. The number of hydrogen-bond donors (Lipinski definition) is 0. The normalized spacial score (nSPS) is 15.7. The van der Waals surface area contributed by atoms with Gasteiger partial charge in [-0.05, 0) is 67.1 Å². The molecular formula is C24H24F3N. The molecule has 4 rings (SSSR count). The Kier molecular flexibility index (Phi) is 5.05. The van der Waals surface area contributed by atoms with Crippen molar-refractivity contribution in [3.8, 4) is 16.9 Å². The molecule has 0 N–H and O–H groups in total. The molecule has 1 fully saturated rings. The van der Waals surface area contributed by atoms with Gasteiger partial charge in [-0.15, -0.1) is 0 Å². The van der Waals surface area contributed by atoms with Crippen LogP contribution in [0.5, 0.6) is 0 Å². The summed E-state index contributed by atoms with van der Waals surface area (Å²) >= 11 is 0. The molecule has 0 unspecified atom stereocenters. The molecular weight excluding hydrogens is 359 g/mol. The number of hydrogen-bond acceptors (Lipinski definition) is 0. The van der Waals surface area contributed by atoms with Crippen molar-refractivity contribution in [2.75, 3.05) is 0 Å². The van der Waals surface area contributed by atoms with Crippen LogP contribution in [0.2, 0.25) is 0 Å². The van der Waals surface area contributed by atoms with E-state index in [1.807, 2.05) is 23.6 Å². The molecule has 146 valence electrons. The molecule has 3 aromatic rings. The molecule has 0 aliphatic heterocycles. The number of aryl methyl sites for hydroxylation is 1. The summed E-state index contributed by atoms with van der Waals surface area (Å²) < 4.78 is 41.3. The zero-order valence-corrected chi connectivity index (χ0v) is 16.0. The smallest absolute Gasteiger partial charge is 0.314 e. The molecule has 0 atom stereocenters. The lowest BCUT2D eigenvalue weighted by Crippen LogP contribution is -2.07. The minimum absolute atomic E-state index is 0.531. The third-order valence-electron chi connectivity index (χ3n) is 5.79. The fraction of sp³-hybridized carbons (Fsp3) is 0.333. The summed E-state index contributed by atoms with van der Waals surface area (Å²) in [6, 6.07) is 18.0. The van der Waals surface area contributed by atoms with Crippen molar-refractivity contribution in [1.82, 2.24) is 4.57 Å². The van der Waals surface area contributed by atoms with E-state index in [1.165, 1.54) is 49.8 Å². The highest BCUT2D eigenvalue weighted by atomic mass is 19.4. The summed E-state index contributed by atoms with van der Waals surface area (Å²) in [6.45, 7) is 1.92. The Balaban J connectivity index is 1.69. The molecule has 0 spiro atoms. The molecule has 1 saturated carbocycles. The first-order valence-electron chi connectivity index (χ1n) is 9.90. The van der Waals surface area contributed by atoms with Gasteiger partial charge in [0.1, 0.15) is 0 Å². The minimum Gasteiger partial charge on any atom is -0.314 e. The van der Waals surface area contributed by atoms with Gasteiger partial charge in [-0.1, -0.05) is 49.6 Å². The molecule has 28 heavy (non-hydrogen) atoms. The highest BCUT2D eigenvalue weighted by molar-refractivity contribution is 5.65. The summed E-state index contributed by atoms with van der Waals surface area (Å²) in [4.78, 5) is 0. The van der Waals surface area contributed by atoms with Gasteiger partial charge in [-0.2, -0.15) is 13.2 Å². The van der Waals surface area contributed by atoms with E-state index < -0.39 is 11.7 Å². The van der Waals surface area contributed by atoms with Crippen molar-refractivity contribution in [2.24, 2.45) is 0 Å². The van der Waals surface area contributed by atoms with Crippen LogP contribution in [0.1, 0.15) is 54.8 Å². The van der Waals surface area contributed by atoms with E-state index in [-0.39, 0.29) is 0 Å². The van der Waals surface area contributed by atoms with E-state index in [2.05, 4.69) is 24.3 Å². The van der Waals surface area contributed by atoms with Crippen LogP contribution >= 0.6 is 0 Å². The second-order valence-corrected chi connectivity index (χ2v) is 7.70. The number of rotatable bonds is 3. The van der Waals surface area contributed by atoms with Crippen molar-refractivity contribution in [3.05, 3.63) is 77.5 Å². The van der Waals surface area contributed by atoms with Gasteiger partial charge in [0.15, 0.2) is 0 Å². The summed E-state index contributed by atoms with van der Waals surface area (Å²) in [5, 5.41) is 0. The number of benzene rings is 2. The molecule has 0 bridgehead atoms. The van der Waals surface area contributed by atoms with Gasteiger partial charge in [-0.3, -0.25) is 0 Å². The van der Waals surface area contributed by atoms with E-state index >= 15 is 0 Å². The lowest BCUT2D eigenvalue weighted by Gasteiger charge is -2.22. The molecule has 1 aliphatic rings. The van der Waals surface area contributed by atoms with Gasteiger partial charge in [0.2, 0.25) is 0 Å². The van der Waals surface area contributed by atoms with Crippen LogP contribution in [0.25, 0.3) is 16.9 Å². The van der Waals surface area contributed by atoms with Crippen LogP contribution in [0.15, 0.2) is 60.7 Å². The average Bonchev–Trinajstić information content (AvgIpc) is 3.10. The molecule has 0 saturated heterocycles. The Morgan fingerprint density at radius 3 is 2.25 bits per heavy atom. The first-order chi connectivity index (χ1) is 13.4. The van der Waals surface area contributed by atoms with Crippen molar-refractivity contribution in [2.45, 2.75) is 51.1 Å². The molecule has 1 aliphatic carbocycles. The number of halogens is 3. The van der Waals surface area contributed by atoms with E-state index in [0.717, 1.165) is 23.0 Å². The molecule has 0 radical (unpaired) electrons. The largest absolute Gasteiger partial charge is 0.416 e. The zero-order chi connectivity index (χ0) is 19.7. The summed E-state index contributed by atoms with van der Waals surface area (Å²) in [7, 11) is 0. The third-order valence-corrected chi connectivity index (χ3v) is 5.79. The molecule has 1 aromatic heterocycles. The quantitative estimate of drug-likeness (QED) is 0.441. The van der Waals surface area contributed by atoms with Crippen LogP contribution in [0.4, 0.5) is 13.2 Å². The maximum atomic E-state index is 13.1. The standard InChI is InChI=1S/C24H24F3N/c1-17-10-15-23(28(17)22-9-5-8-21(16-22)24(25,26)27)20-13-11-19(12-14-20)18-6-3-2-4-7-18/h5,8-16,18H,2-4,6-7H2,1H3. The predicted molar refractivity (Wildman–Crippen MR) is 107 cm³/mol. The van der Waals surface area contributed by atoms with E-state index in [1.54, 1.807) is 6.07 Å².